The van der Waals surface area contributed by atoms with Gasteiger partial charge in [-0.2, -0.15) is 26.3 Å². The second kappa shape index (κ2) is 45.6. The quantitative estimate of drug-likeness (QED) is 0.156. The zero-order chi connectivity index (χ0) is 69.2. The molecule has 0 N–H and O–H groups in total. The lowest BCUT2D eigenvalue weighted by Gasteiger charge is -2.12. The number of unbranched alkanes of at least 4 members (excludes halogenated alkanes) is 1. The predicted octanol–water partition coefficient (Wildman–Crippen LogP) is 27.7. The molecule has 0 saturated heterocycles. The Morgan fingerprint density at radius 3 is 1.23 bits per heavy atom. The van der Waals surface area contributed by atoms with E-state index in [2.05, 4.69) is 229 Å². The van der Waals surface area contributed by atoms with Crippen LogP contribution in [0.25, 0.3) is 16.8 Å². The topological polar surface area (TPSA) is 9.23 Å². The molecule has 1 aromatic heterocycles. The minimum absolute atomic E-state index is 0.0721. The molecule has 0 bridgehead atoms. The first-order valence-corrected chi connectivity index (χ1v) is 32.8. The molecule has 0 saturated carbocycles. The first-order chi connectivity index (χ1) is 44.1. The summed E-state index contributed by atoms with van der Waals surface area (Å²) in [6.07, 6.45) is -1.57. The van der Waals surface area contributed by atoms with Crippen molar-refractivity contribution in [3.8, 4) is 5.75 Å². The molecule has 0 aliphatic carbocycles. The molecule has 0 aliphatic rings. The van der Waals surface area contributed by atoms with Crippen LogP contribution >= 0.6 is 50.5 Å². The monoisotopic (exact) mass is 1380 g/mol. The highest BCUT2D eigenvalue weighted by molar-refractivity contribution is 9.10. The number of fused-ring (bicyclic) bond motifs is 1. The van der Waals surface area contributed by atoms with Crippen LogP contribution in [-0.2, 0) is 18.8 Å². The second-order valence-corrected chi connectivity index (χ2v) is 24.6. The Kier molecular flexibility index (Phi) is 39.9. The third-order valence-corrected chi connectivity index (χ3v) is 15.0. The third-order valence-electron chi connectivity index (χ3n) is 12.9. The van der Waals surface area contributed by atoms with Gasteiger partial charge in [-0.1, -0.05) is 292 Å². The Morgan fingerprint density at radius 1 is 0.419 bits per heavy atom. The average Bonchev–Trinajstić information content (AvgIpc) is 1.12. The van der Waals surface area contributed by atoms with Gasteiger partial charge in [-0.05, 0) is 188 Å². The van der Waals surface area contributed by atoms with Gasteiger partial charge in [0.05, 0.1) is 28.3 Å². The molecule has 11 aromatic rings. The number of allylic oxidation sites excluding steroid dienone is 1. The van der Waals surface area contributed by atoms with E-state index in [0.717, 1.165) is 15.8 Å². The van der Waals surface area contributed by atoms with Gasteiger partial charge in [0.15, 0.2) is 0 Å². The van der Waals surface area contributed by atoms with Crippen molar-refractivity contribution in [2.75, 3.05) is 7.11 Å². The Bertz CT molecular complexity index is 3620. The minimum atomic E-state index is -4.76. The van der Waals surface area contributed by atoms with Crippen molar-refractivity contribution >= 4 is 67.3 Å². The highest BCUT2D eigenvalue weighted by Crippen LogP contribution is 2.36. The summed E-state index contributed by atoms with van der Waals surface area (Å²) >= 11 is 16.5. The summed E-state index contributed by atoms with van der Waals surface area (Å²) in [6, 6.07) is 80.1. The number of ether oxygens (including phenoxy) is 1. The van der Waals surface area contributed by atoms with E-state index in [1.807, 2.05) is 105 Å². The molecule has 0 radical (unpaired) electrons. The highest BCUT2D eigenvalue weighted by Gasteiger charge is 2.36. The van der Waals surface area contributed by atoms with Crippen LogP contribution < -0.4 is 4.74 Å². The normalized spacial score (nSPS) is 10.1. The molecular weight excluding hydrogens is 1300 g/mol. The summed E-state index contributed by atoms with van der Waals surface area (Å²) in [5.74, 6) is 0.917. The number of hydrogen-bond donors (Lipinski definition) is 0. The number of aryl methyl sites for hydroxylation is 11. The predicted molar refractivity (Wildman–Crippen MR) is 395 cm³/mol. The van der Waals surface area contributed by atoms with E-state index in [0.29, 0.717) is 22.2 Å². The maximum Gasteiger partial charge on any atom is 0.416 e. The van der Waals surface area contributed by atoms with Crippen molar-refractivity contribution in [2.24, 2.45) is 0 Å². The molecule has 93 heavy (non-hydrogen) atoms. The SMILES string of the molecule is CC=Cc1ccccc1.CCCCc1ccc(C)cc1.COc1ccc(C)cc1.Cc1cc(C(F)(F)F)cc(C(F)(F)F)c1.Cc1ccc(Br)cc1.Cc1ccc(C)cc1.Cc1ccc(Cl)c(Cl)c1.Cc1ccc2ccccc2c1.Cc1ccccc1.Cc1cccs1. The standard InChI is InChI=1S/C11H10.C11H16.C9H6F6.C9H10.C8H10O.C8H10.C7H7Br.C7H6Cl2.C7H8.C5H6S/c1-9-6-7-10-4-2-3-5-11(10)8-9;1-3-4-5-11-8-6-10(2)7-9-11;1-5-2-6(8(10,11)12)4-7(3-5)9(13,14)15;1-2-6-9-7-4-3-5-8-9;1-7-3-5-8(9-2)6-4-7;1-7-3-5-8(2)6-4-7;1-6-2-4-7(8)5-3-6;1-5-2-3-6(8)7(9)4-5;1-7-5-3-2-4-6-7;1-5-3-2-4-6-5/h2-8H,1H3;6-9H,3-5H2,1-2H3;2-4H,1H3;2-8H,1H3;3-6H,1-2H3;3-6H,1-2H3;2-5H,1H3;2-4H,1H3;2-6H,1H3;2-4H,1H3. The Balaban J connectivity index is 0.000000355. The molecule has 0 aliphatic heterocycles. The van der Waals surface area contributed by atoms with Crippen molar-refractivity contribution in [3.63, 3.8) is 0 Å². The summed E-state index contributed by atoms with van der Waals surface area (Å²) in [7, 11) is 1.67. The number of alkyl halides is 6. The van der Waals surface area contributed by atoms with Crippen LogP contribution in [0.4, 0.5) is 26.3 Å². The zero-order valence-corrected chi connectivity index (χ0v) is 59.7. The second-order valence-electron chi connectivity index (χ2n) is 21.7. The van der Waals surface area contributed by atoms with Crippen LogP contribution in [0.2, 0.25) is 10.0 Å². The number of methoxy groups -OCH3 is 1. The van der Waals surface area contributed by atoms with E-state index in [9.17, 15) is 26.3 Å². The Labute approximate surface area is 574 Å². The highest BCUT2D eigenvalue weighted by atomic mass is 79.9. The first kappa shape index (κ1) is 81.4. The molecule has 11 rings (SSSR count). The lowest BCUT2D eigenvalue weighted by molar-refractivity contribution is -0.143. The Hall–Kier alpha value is -7.66. The molecular formula is C82H89BrCl2F6OS. The third kappa shape index (κ3) is 38.8. The molecule has 0 unspecified atom stereocenters. The first-order valence-electron chi connectivity index (χ1n) is 30.4. The van der Waals surface area contributed by atoms with Crippen molar-refractivity contribution in [1.29, 1.82) is 0 Å². The van der Waals surface area contributed by atoms with E-state index in [1.54, 1.807) is 24.5 Å². The Morgan fingerprint density at radius 2 is 0.839 bits per heavy atom. The van der Waals surface area contributed by atoms with Crippen LogP contribution in [0.15, 0.2) is 265 Å². The van der Waals surface area contributed by atoms with Gasteiger partial charge in [0.1, 0.15) is 5.75 Å². The van der Waals surface area contributed by atoms with E-state index in [1.165, 1.54) is 91.9 Å². The van der Waals surface area contributed by atoms with Gasteiger partial charge in [0, 0.05) is 9.35 Å². The van der Waals surface area contributed by atoms with Crippen LogP contribution in [0, 0.1) is 69.2 Å². The lowest BCUT2D eigenvalue weighted by atomic mass is 10.1. The lowest BCUT2D eigenvalue weighted by Crippen LogP contribution is -2.11. The van der Waals surface area contributed by atoms with Gasteiger partial charge in [0.25, 0.3) is 0 Å². The molecule has 11 heteroatoms. The summed E-state index contributed by atoms with van der Waals surface area (Å²) in [5.41, 5.74) is 10.4. The average molecular weight is 1390 g/mol. The molecule has 1 heterocycles. The summed E-state index contributed by atoms with van der Waals surface area (Å²) < 4.78 is 79.1. The number of rotatable bonds is 5. The van der Waals surface area contributed by atoms with Gasteiger partial charge in [0.2, 0.25) is 0 Å². The van der Waals surface area contributed by atoms with Crippen molar-refractivity contribution in [2.45, 2.75) is 115 Å². The fraction of sp³-hybridized carbons (Fsp3) is 0.220. The van der Waals surface area contributed by atoms with Crippen molar-refractivity contribution < 1.29 is 31.1 Å². The smallest absolute Gasteiger partial charge is 0.416 e. The van der Waals surface area contributed by atoms with Crippen LogP contribution in [0.1, 0.15) is 104 Å². The summed E-state index contributed by atoms with van der Waals surface area (Å²) in [6.45, 7) is 24.2. The van der Waals surface area contributed by atoms with Gasteiger partial charge in [-0.15, -0.1) is 11.3 Å². The maximum absolute atomic E-state index is 12.2. The van der Waals surface area contributed by atoms with Crippen LogP contribution in [0.5, 0.6) is 5.75 Å². The molecule has 0 spiro atoms. The number of benzene rings is 10. The molecule has 10 aromatic carbocycles. The van der Waals surface area contributed by atoms with Crippen LogP contribution in [0.3, 0.4) is 0 Å². The van der Waals surface area contributed by atoms with E-state index < -0.39 is 23.5 Å². The number of halogens is 9. The van der Waals surface area contributed by atoms with Crippen LogP contribution in [-0.4, -0.2) is 7.11 Å². The largest absolute Gasteiger partial charge is 0.497 e. The van der Waals surface area contributed by atoms with Gasteiger partial charge in [-0.25, -0.2) is 0 Å². The van der Waals surface area contributed by atoms with E-state index >= 15 is 0 Å². The van der Waals surface area contributed by atoms with Gasteiger partial charge in [-0.3, -0.25) is 0 Å². The van der Waals surface area contributed by atoms with E-state index in [-0.39, 0.29) is 11.6 Å². The molecule has 0 atom stereocenters. The van der Waals surface area contributed by atoms with E-state index in [4.69, 9.17) is 27.9 Å². The van der Waals surface area contributed by atoms with Crippen molar-refractivity contribution in [1.82, 2.24) is 0 Å². The van der Waals surface area contributed by atoms with Gasteiger partial charge < -0.3 is 4.74 Å². The molecule has 492 valence electrons. The molecule has 0 amide bonds. The fourth-order valence-electron chi connectivity index (χ4n) is 7.65. The number of thiophene rings is 1. The zero-order valence-electron chi connectivity index (χ0n) is 55.7. The summed E-state index contributed by atoms with van der Waals surface area (Å²) in [5, 5.41) is 5.96. The summed E-state index contributed by atoms with van der Waals surface area (Å²) in [4.78, 5) is 1.38. The molecule has 0 fully saturated rings. The fourth-order valence-corrected chi connectivity index (χ4v) is 8.80. The van der Waals surface area contributed by atoms with Gasteiger partial charge >= 0.3 is 12.4 Å². The number of hydrogen-bond acceptors (Lipinski definition) is 2. The minimum Gasteiger partial charge on any atom is -0.497 e. The maximum atomic E-state index is 12.2. The van der Waals surface area contributed by atoms with Crippen molar-refractivity contribution in [3.05, 3.63) is 352 Å². The molecule has 1 nitrogen and oxygen atoms in total.